The summed E-state index contributed by atoms with van der Waals surface area (Å²) in [5.41, 5.74) is 9.07. The molecule has 0 saturated carbocycles. The van der Waals surface area contributed by atoms with Gasteiger partial charge in [-0.25, -0.2) is 4.98 Å². The van der Waals surface area contributed by atoms with E-state index in [2.05, 4.69) is 10.3 Å². The highest BCUT2D eigenvalue weighted by Crippen LogP contribution is 2.33. The van der Waals surface area contributed by atoms with Gasteiger partial charge in [-0.15, -0.1) is 0 Å². The smallest absolute Gasteiger partial charge is 0.320 e. The van der Waals surface area contributed by atoms with Crippen LogP contribution in [0.5, 0.6) is 0 Å². The number of imidazole rings is 1. The van der Waals surface area contributed by atoms with Gasteiger partial charge in [-0.1, -0.05) is 54.6 Å². The maximum Gasteiger partial charge on any atom is 0.416 e. The van der Waals surface area contributed by atoms with Crippen molar-refractivity contribution in [1.82, 2.24) is 9.55 Å². The summed E-state index contributed by atoms with van der Waals surface area (Å²) in [7, 11) is 0. The average Bonchev–Trinajstić information content (AvgIpc) is 3.16. The summed E-state index contributed by atoms with van der Waals surface area (Å²) < 4.78 is 41.0. The second-order valence-electron chi connectivity index (χ2n) is 8.46. The maximum atomic E-state index is 13.1. The van der Waals surface area contributed by atoms with Crippen molar-refractivity contribution in [2.75, 3.05) is 5.32 Å². The fraction of sp³-hybridized carbons (Fsp3) is 0.231. The first-order valence-electron chi connectivity index (χ1n) is 10.9. The summed E-state index contributed by atoms with van der Waals surface area (Å²) >= 11 is 0. The second kappa shape index (κ2) is 9.30. The highest BCUT2D eigenvalue weighted by molar-refractivity contribution is 5.95. The zero-order valence-electron chi connectivity index (χ0n) is 18.8. The molecular formula is C26H25F3N4O. The molecule has 5 nitrogen and oxygen atoms in total. The fourth-order valence-electron chi connectivity index (χ4n) is 3.90. The van der Waals surface area contributed by atoms with Crippen LogP contribution in [0.15, 0.2) is 72.8 Å². The Bertz CT molecular complexity index is 1300. The minimum Gasteiger partial charge on any atom is -0.320 e. The number of nitrogens with zero attached hydrogens (tertiary/aromatic N) is 2. The fourth-order valence-corrected chi connectivity index (χ4v) is 3.90. The van der Waals surface area contributed by atoms with Crippen molar-refractivity contribution in [2.24, 2.45) is 5.73 Å². The zero-order valence-corrected chi connectivity index (χ0v) is 18.8. The van der Waals surface area contributed by atoms with Crippen LogP contribution in [0.4, 0.5) is 19.1 Å². The molecule has 0 spiro atoms. The van der Waals surface area contributed by atoms with Crippen LogP contribution in [0.2, 0.25) is 0 Å². The molecule has 1 atom stereocenters. The number of carbonyl (C=O) groups is 1. The topological polar surface area (TPSA) is 72.9 Å². The SMILES string of the molecule is CC(C)n1c(NC(=O)C(N)Cc2ccc(-c3ccccc3)cc2)nc2cc(C(F)(F)F)ccc21. The van der Waals surface area contributed by atoms with Gasteiger partial charge in [-0.3, -0.25) is 10.1 Å². The average molecular weight is 467 g/mol. The molecule has 1 heterocycles. The van der Waals surface area contributed by atoms with Crippen LogP contribution in [-0.4, -0.2) is 21.5 Å². The van der Waals surface area contributed by atoms with Crippen molar-refractivity contribution in [3.63, 3.8) is 0 Å². The lowest BCUT2D eigenvalue weighted by Crippen LogP contribution is -2.38. The Kier molecular flexibility index (Phi) is 6.43. The lowest BCUT2D eigenvalue weighted by atomic mass is 10.0. The standard InChI is InChI=1S/C26H25F3N4O/c1-16(2)33-23-13-12-20(26(27,28)29)15-22(23)31-25(33)32-24(34)21(30)14-17-8-10-19(11-9-17)18-6-4-3-5-7-18/h3-13,15-16,21H,14,30H2,1-2H3,(H,31,32,34). The molecule has 0 bridgehead atoms. The summed E-state index contributed by atoms with van der Waals surface area (Å²) in [6.45, 7) is 3.73. The summed E-state index contributed by atoms with van der Waals surface area (Å²) in [6, 6.07) is 20.1. The van der Waals surface area contributed by atoms with Gasteiger partial charge in [0, 0.05) is 6.04 Å². The van der Waals surface area contributed by atoms with Gasteiger partial charge < -0.3 is 10.3 Å². The molecule has 4 aromatic rings. The van der Waals surface area contributed by atoms with Gasteiger partial charge in [0.05, 0.1) is 22.6 Å². The lowest BCUT2D eigenvalue weighted by molar-refractivity contribution is -0.137. The van der Waals surface area contributed by atoms with E-state index in [4.69, 9.17) is 5.73 Å². The Morgan fingerprint density at radius 2 is 1.65 bits per heavy atom. The molecule has 1 aromatic heterocycles. The first-order valence-corrected chi connectivity index (χ1v) is 10.9. The molecule has 1 unspecified atom stereocenters. The minimum absolute atomic E-state index is 0.140. The minimum atomic E-state index is -4.47. The first kappa shape index (κ1) is 23.5. The number of anilines is 1. The number of fused-ring (bicyclic) bond motifs is 1. The van der Waals surface area contributed by atoms with Crippen LogP contribution in [0.3, 0.4) is 0 Å². The van der Waals surface area contributed by atoms with Gasteiger partial charge in [0.2, 0.25) is 11.9 Å². The second-order valence-corrected chi connectivity index (χ2v) is 8.46. The van der Waals surface area contributed by atoms with Crippen molar-refractivity contribution in [3.05, 3.63) is 83.9 Å². The molecule has 0 aliphatic heterocycles. The van der Waals surface area contributed by atoms with Crippen LogP contribution in [-0.2, 0) is 17.4 Å². The summed E-state index contributed by atoms with van der Waals surface area (Å²) in [5, 5.41) is 2.70. The highest BCUT2D eigenvalue weighted by Gasteiger charge is 2.31. The number of halogens is 3. The Balaban J connectivity index is 1.51. The predicted molar refractivity (Wildman–Crippen MR) is 127 cm³/mol. The number of rotatable bonds is 6. The normalized spacial score (nSPS) is 12.8. The molecule has 4 rings (SSSR count). The number of carbonyl (C=O) groups excluding carboxylic acids is 1. The van der Waals surface area contributed by atoms with Crippen molar-refractivity contribution in [1.29, 1.82) is 0 Å². The first-order chi connectivity index (χ1) is 16.1. The van der Waals surface area contributed by atoms with E-state index in [-0.39, 0.29) is 17.5 Å². The Morgan fingerprint density at radius 1 is 1.00 bits per heavy atom. The van der Waals surface area contributed by atoms with E-state index in [0.717, 1.165) is 28.8 Å². The molecule has 1 amide bonds. The van der Waals surface area contributed by atoms with Gasteiger partial charge in [0.1, 0.15) is 0 Å². The lowest BCUT2D eigenvalue weighted by Gasteiger charge is -2.16. The Hall–Kier alpha value is -3.65. The van der Waals surface area contributed by atoms with Gasteiger partial charge in [0.15, 0.2) is 0 Å². The number of hydrogen-bond acceptors (Lipinski definition) is 3. The van der Waals surface area contributed by atoms with E-state index >= 15 is 0 Å². The third-order valence-corrected chi connectivity index (χ3v) is 5.62. The number of nitrogens with one attached hydrogen (secondary N) is 1. The monoisotopic (exact) mass is 466 g/mol. The summed E-state index contributed by atoms with van der Waals surface area (Å²) in [6.07, 6.45) is -4.17. The highest BCUT2D eigenvalue weighted by atomic mass is 19.4. The number of hydrogen-bond donors (Lipinski definition) is 2. The van der Waals surface area contributed by atoms with Gasteiger partial charge in [-0.2, -0.15) is 13.2 Å². The third-order valence-electron chi connectivity index (χ3n) is 5.62. The van der Waals surface area contributed by atoms with Crippen molar-refractivity contribution in [2.45, 2.75) is 38.5 Å². The molecule has 34 heavy (non-hydrogen) atoms. The molecule has 3 N–H and O–H groups in total. The molecule has 8 heteroatoms. The van der Waals surface area contributed by atoms with Crippen molar-refractivity contribution >= 4 is 22.9 Å². The van der Waals surface area contributed by atoms with E-state index in [1.165, 1.54) is 6.07 Å². The number of benzene rings is 3. The van der Waals surface area contributed by atoms with Crippen LogP contribution < -0.4 is 11.1 Å². The molecule has 176 valence electrons. The van der Waals surface area contributed by atoms with Gasteiger partial charge >= 0.3 is 6.18 Å². The molecule has 0 aliphatic carbocycles. The third kappa shape index (κ3) is 4.97. The molecule has 0 saturated heterocycles. The Labute approximate surface area is 195 Å². The molecule has 3 aromatic carbocycles. The van der Waals surface area contributed by atoms with E-state index in [1.807, 2.05) is 68.4 Å². The van der Waals surface area contributed by atoms with Crippen LogP contribution in [0, 0.1) is 0 Å². The van der Waals surface area contributed by atoms with Gasteiger partial charge in [-0.05, 0) is 55.2 Å². The van der Waals surface area contributed by atoms with E-state index in [0.29, 0.717) is 11.9 Å². The molecule has 0 radical (unpaired) electrons. The largest absolute Gasteiger partial charge is 0.416 e. The van der Waals surface area contributed by atoms with Gasteiger partial charge in [0.25, 0.3) is 0 Å². The van der Waals surface area contributed by atoms with Crippen molar-refractivity contribution in [3.8, 4) is 11.1 Å². The summed E-state index contributed by atoms with van der Waals surface area (Å²) in [5.74, 6) is -0.287. The molecule has 0 fully saturated rings. The Morgan fingerprint density at radius 3 is 2.26 bits per heavy atom. The van der Waals surface area contributed by atoms with E-state index in [9.17, 15) is 18.0 Å². The number of nitrogens with two attached hydrogens (primary N) is 1. The quantitative estimate of drug-likeness (QED) is 0.377. The number of amides is 1. The van der Waals surface area contributed by atoms with E-state index < -0.39 is 23.7 Å². The van der Waals surface area contributed by atoms with Crippen LogP contribution >= 0.6 is 0 Å². The van der Waals surface area contributed by atoms with Crippen molar-refractivity contribution < 1.29 is 18.0 Å². The molecule has 0 aliphatic rings. The predicted octanol–water partition coefficient (Wildman–Crippen LogP) is 5.81. The van der Waals surface area contributed by atoms with E-state index in [1.54, 1.807) is 4.57 Å². The number of alkyl halides is 3. The van der Waals surface area contributed by atoms with Crippen LogP contribution in [0.25, 0.3) is 22.2 Å². The zero-order chi connectivity index (χ0) is 24.5. The summed E-state index contributed by atoms with van der Waals surface area (Å²) in [4.78, 5) is 17.1. The maximum absolute atomic E-state index is 13.1. The number of aromatic nitrogens is 2. The van der Waals surface area contributed by atoms with Crippen LogP contribution in [0.1, 0.15) is 31.0 Å². The molecular weight excluding hydrogens is 441 g/mol.